The number of thioether (sulfide) groups is 1. The second kappa shape index (κ2) is 6.23. The van der Waals surface area contributed by atoms with E-state index in [0.717, 1.165) is 12.2 Å². The Hall–Kier alpha value is 0.740. The van der Waals surface area contributed by atoms with Crippen LogP contribution < -0.4 is 4.72 Å². The number of sulfonamides is 1. The van der Waals surface area contributed by atoms with E-state index in [1.807, 2.05) is 13.2 Å². The lowest BCUT2D eigenvalue weighted by Gasteiger charge is -2.11. The second-order valence-electron chi connectivity index (χ2n) is 2.52. The van der Waals surface area contributed by atoms with Gasteiger partial charge in [-0.1, -0.05) is 15.9 Å². The quantitative estimate of drug-likeness (QED) is 0.746. The Balaban J connectivity index is 3.76. The van der Waals surface area contributed by atoms with Crippen LogP contribution in [-0.4, -0.2) is 31.1 Å². The second-order valence-corrected chi connectivity index (χ2v) is 6.57. The number of nitrogens with one attached hydrogen (secondary N) is 1. The first kappa shape index (κ1) is 12.7. The summed E-state index contributed by atoms with van der Waals surface area (Å²) in [6, 6.07) is 0.0278. The van der Waals surface area contributed by atoms with Gasteiger partial charge in [0.25, 0.3) is 0 Å². The summed E-state index contributed by atoms with van der Waals surface area (Å²) in [5, 5.41) is 0. The molecule has 1 atom stereocenters. The van der Waals surface area contributed by atoms with Crippen LogP contribution in [0.15, 0.2) is 0 Å². The van der Waals surface area contributed by atoms with Crippen molar-refractivity contribution >= 4 is 37.7 Å². The first-order valence-corrected chi connectivity index (χ1v) is 7.73. The fraction of sp³-hybridized carbons (Fsp3) is 1.00. The number of rotatable bonds is 6. The van der Waals surface area contributed by atoms with E-state index < -0.39 is 10.0 Å². The van der Waals surface area contributed by atoms with E-state index in [1.54, 1.807) is 11.8 Å². The highest BCUT2D eigenvalue weighted by molar-refractivity contribution is 9.10. The molecule has 0 fully saturated rings. The Morgan fingerprint density at radius 1 is 1.58 bits per heavy atom. The topological polar surface area (TPSA) is 46.2 Å². The molecule has 0 spiro atoms. The summed E-state index contributed by atoms with van der Waals surface area (Å²) >= 11 is 4.63. The molecule has 1 N–H and O–H groups in total. The molecule has 0 aliphatic carbocycles. The molecule has 0 amide bonds. The maximum absolute atomic E-state index is 11.0. The number of halogens is 1. The molecule has 0 rings (SSSR count). The van der Waals surface area contributed by atoms with Crippen molar-refractivity contribution in [3.05, 3.63) is 0 Å². The highest BCUT2D eigenvalue weighted by Gasteiger charge is 2.11. The van der Waals surface area contributed by atoms with Gasteiger partial charge in [-0.2, -0.15) is 11.8 Å². The SMILES string of the molecule is CSCCC(C)NS(=O)(=O)CBr. The van der Waals surface area contributed by atoms with Crippen LogP contribution in [0.3, 0.4) is 0 Å². The maximum atomic E-state index is 11.0. The number of hydrogen-bond donors (Lipinski definition) is 1. The monoisotopic (exact) mass is 275 g/mol. The van der Waals surface area contributed by atoms with E-state index in [4.69, 9.17) is 0 Å². The summed E-state index contributed by atoms with van der Waals surface area (Å²) in [5.74, 6) is 0.978. The van der Waals surface area contributed by atoms with Crippen molar-refractivity contribution in [3.63, 3.8) is 0 Å². The third kappa shape index (κ3) is 6.28. The van der Waals surface area contributed by atoms with Crippen LogP contribution in [0.1, 0.15) is 13.3 Å². The van der Waals surface area contributed by atoms with Crippen LogP contribution in [0.4, 0.5) is 0 Å². The molecule has 0 aromatic heterocycles. The minimum atomic E-state index is -3.09. The predicted molar refractivity (Wildman–Crippen MR) is 58.3 cm³/mol. The smallest absolute Gasteiger partial charge is 0.212 e. The molecule has 0 radical (unpaired) electrons. The summed E-state index contributed by atoms with van der Waals surface area (Å²) < 4.78 is 24.5. The lowest BCUT2D eigenvalue weighted by molar-refractivity contribution is 0.562. The molecule has 0 saturated carbocycles. The highest BCUT2D eigenvalue weighted by atomic mass is 79.9. The maximum Gasteiger partial charge on any atom is 0.221 e. The molecule has 0 saturated heterocycles. The van der Waals surface area contributed by atoms with Gasteiger partial charge in [0.15, 0.2) is 0 Å². The van der Waals surface area contributed by atoms with Crippen LogP contribution in [0.2, 0.25) is 0 Å². The van der Waals surface area contributed by atoms with Crippen molar-refractivity contribution < 1.29 is 8.42 Å². The van der Waals surface area contributed by atoms with Crippen molar-refractivity contribution in [2.45, 2.75) is 19.4 Å². The summed E-state index contributed by atoms with van der Waals surface area (Å²) in [7, 11) is -3.09. The van der Waals surface area contributed by atoms with Crippen molar-refractivity contribution in [3.8, 4) is 0 Å². The molecule has 0 bridgehead atoms. The van der Waals surface area contributed by atoms with Crippen LogP contribution in [0, 0.1) is 0 Å². The molecule has 12 heavy (non-hydrogen) atoms. The van der Waals surface area contributed by atoms with Crippen LogP contribution in [-0.2, 0) is 10.0 Å². The predicted octanol–water partition coefficient (Wildman–Crippen LogP) is 1.40. The van der Waals surface area contributed by atoms with E-state index in [9.17, 15) is 8.42 Å². The van der Waals surface area contributed by atoms with Crippen molar-refractivity contribution in [2.24, 2.45) is 0 Å². The zero-order valence-corrected chi connectivity index (χ0v) is 10.4. The minimum absolute atomic E-state index is 0.0242. The van der Waals surface area contributed by atoms with Gasteiger partial charge in [-0.25, -0.2) is 13.1 Å². The molecule has 0 aliphatic rings. The van der Waals surface area contributed by atoms with Gasteiger partial charge in [0.1, 0.15) is 4.66 Å². The van der Waals surface area contributed by atoms with E-state index in [0.29, 0.717) is 0 Å². The average Bonchev–Trinajstić information content (AvgIpc) is 2.00. The van der Waals surface area contributed by atoms with E-state index in [1.165, 1.54) is 0 Å². The fourth-order valence-electron chi connectivity index (χ4n) is 0.692. The molecule has 6 heteroatoms. The fourth-order valence-corrected chi connectivity index (χ4v) is 2.47. The third-order valence-electron chi connectivity index (χ3n) is 1.28. The summed E-state index contributed by atoms with van der Waals surface area (Å²) in [6.45, 7) is 1.87. The lowest BCUT2D eigenvalue weighted by atomic mass is 10.3. The van der Waals surface area contributed by atoms with Gasteiger partial charge in [-0.15, -0.1) is 0 Å². The number of hydrogen-bond acceptors (Lipinski definition) is 3. The Bertz CT molecular complexity index is 206. The number of alkyl halides is 1. The molecule has 0 aromatic rings. The third-order valence-corrected chi connectivity index (χ3v) is 4.78. The largest absolute Gasteiger partial charge is 0.221 e. The Labute approximate surface area is 86.9 Å². The molecular formula is C6H14BrNO2S2. The Morgan fingerprint density at radius 3 is 2.58 bits per heavy atom. The normalized spacial score (nSPS) is 14.6. The van der Waals surface area contributed by atoms with Crippen molar-refractivity contribution in [2.75, 3.05) is 16.7 Å². The molecule has 1 unspecified atom stereocenters. The highest BCUT2D eigenvalue weighted by Crippen LogP contribution is 2.02. The molecule has 0 aliphatic heterocycles. The van der Waals surface area contributed by atoms with Gasteiger partial charge in [0.2, 0.25) is 10.0 Å². The van der Waals surface area contributed by atoms with Crippen LogP contribution >= 0.6 is 27.7 Å². The average molecular weight is 276 g/mol. The molecule has 0 aromatic carbocycles. The van der Waals surface area contributed by atoms with Gasteiger partial charge >= 0.3 is 0 Å². The van der Waals surface area contributed by atoms with Gasteiger partial charge in [0, 0.05) is 6.04 Å². The first-order valence-electron chi connectivity index (χ1n) is 3.56. The van der Waals surface area contributed by atoms with Gasteiger partial charge < -0.3 is 0 Å². The summed E-state index contributed by atoms with van der Waals surface area (Å²) in [4.78, 5) is 0. The van der Waals surface area contributed by atoms with Crippen LogP contribution in [0.5, 0.6) is 0 Å². The first-order chi connectivity index (χ1) is 5.52. The minimum Gasteiger partial charge on any atom is -0.212 e. The zero-order valence-electron chi connectivity index (χ0n) is 7.21. The summed E-state index contributed by atoms with van der Waals surface area (Å²) in [6.07, 6.45) is 2.87. The molecule has 3 nitrogen and oxygen atoms in total. The molecule has 74 valence electrons. The molecular weight excluding hydrogens is 262 g/mol. The Kier molecular flexibility index (Phi) is 6.62. The van der Waals surface area contributed by atoms with Crippen LogP contribution in [0.25, 0.3) is 0 Å². The van der Waals surface area contributed by atoms with Gasteiger partial charge in [-0.3, -0.25) is 0 Å². The lowest BCUT2D eigenvalue weighted by Crippen LogP contribution is -2.33. The van der Waals surface area contributed by atoms with Crippen molar-refractivity contribution in [1.82, 2.24) is 4.72 Å². The van der Waals surface area contributed by atoms with E-state index in [2.05, 4.69) is 20.7 Å². The van der Waals surface area contributed by atoms with Gasteiger partial charge in [0.05, 0.1) is 0 Å². The summed E-state index contributed by atoms with van der Waals surface area (Å²) in [5.41, 5.74) is 0. The Morgan fingerprint density at radius 2 is 2.17 bits per heavy atom. The molecule has 0 heterocycles. The van der Waals surface area contributed by atoms with Crippen molar-refractivity contribution in [1.29, 1.82) is 0 Å². The van der Waals surface area contributed by atoms with E-state index >= 15 is 0 Å². The van der Waals surface area contributed by atoms with Gasteiger partial charge in [-0.05, 0) is 25.4 Å². The van der Waals surface area contributed by atoms with E-state index in [-0.39, 0.29) is 10.7 Å². The standard InChI is InChI=1S/C6H14BrNO2S2/c1-6(3-4-11-2)8-12(9,10)5-7/h6,8H,3-5H2,1-2H3. The zero-order chi connectivity index (χ0) is 9.61.